The molecule has 1 atom stereocenters. The Morgan fingerprint density at radius 2 is 2.10 bits per heavy atom. The molecule has 7 heteroatoms. The number of sulfone groups is 1. The summed E-state index contributed by atoms with van der Waals surface area (Å²) >= 11 is 0. The van der Waals surface area contributed by atoms with Gasteiger partial charge in [0.1, 0.15) is 0 Å². The topological polar surface area (TPSA) is 89.7 Å². The Hall–Kier alpha value is -1.44. The summed E-state index contributed by atoms with van der Waals surface area (Å²) in [5, 5.41) is 0. The number of amides is 1. The number of carbonyl (C=O) groups excluding carboxylic acids is 1. The predicted molar refractivity (Wildman–Crippen MR) is 76.4 cm³/mol. The van der Waals surface area contributed by atoms with Gasteiger partial charge < -0.3 is 15.4 Å². The van der Waals surface area contributed by atoms with Crippen LogP contribution in [0, 0.1) is 0 Å². The number of hydrogen-bond acceptors (Lipinski definition) is 5. The number of methoxy groups -OCH3 is 1. The van der Waals surface area contributed by atoms with Gasteiger partial charge in [-0.25, -0.2) is 8.42 Å². The van der Waals surface area contributed by atoms with Crippen molar-refractivity contribution in [2.45, 2.75) is 10.9 Å². The van der Waals surface area contributed by atoms with Crippen molar-refractivity contribution < 1.29 is 17.9 Å². The number of nitrogens with zero attached hydrogens (tertiary/aromatic N) is 1. The van der Waals surface area contributed by atoms with Gasteiger partial charge in [-0.15, -0.1) is 0 Å². The molecular formula is C13H20N2O4S. The normalized spacial score (nSPS) is 13.0. The molecule has 0 saturated carbocycles. The van der Waals surface area contributed by atoms with Crippen LogP contribution < -0.4 is 5.73 Å². The number of ether oxygens (including phenoxy) is 1. The maximum Gasteiger partial charge on any atom is 0.253 e. The molecule has 6 nitrogen and oxygen atoms in total. The summed E-state index contributed by atoms with van der Waals surface area (Å²) in [6, 6.07) is 5.67. The van der Waals surface area contributed by atoms with Gasteiger partial charge in [0.15, 0.2) is 9.84 Å². The first-order chi connectivity index (χ1) is 9.25. The highest BCUT2D eigenvalue weighted by atomic mass is 32.2. The third kappa shape index (κ3) is 4.59. The Morgan fingerprint density at radius 1 is 1.45 bits per heavy atom. The molecular weight excluding hydrogens is 280 g/mol. The standard InChI is InChI=1S/C13H20N2O4S/c1-15(8-11(14)9-19-2)13(16)10-5-4-6-12(7-10)20(3,17)18/h4-7,11H,8-9,14H2,1-3H3. The number of nitrogens with two attached hydrogens (primary N) is 1. The van der Waals surface area contributed by atoms with Gasteiger partial charge in [-0.05, 0) is 18.2 Å². The summed E-state index contributed by atoms with van der Waals surface area (Å²) < 4.78 is 27.9. The van der Waals surface area contributed by atoms with Crippen LogP contribution in [0.25, 0.3) is 0 Å². The fourth-order valence-electron chi connectivity index (χ4n) is 1.78. The number of likely N-dealkylation sites (N-methyl/N-ethyl adjacent to an activating group) is 1. The highest BCUT2D eigenvalue weighted by molar-refractivity contribution is 7.90. The van der Waals surface area contributed by atoms with Crippen LogP contribution in [-0.4, -0.2) is 58.8 Å². The Balaban J connectivity index is 2.87. The molecule has 0 spiro atoms. The summed E-state index contributed by atoms with van der Waals surface area (Å²) in [4.78, 5) is 13.8. The second-order valence-corrected chi connectivity index (χ2v) is 6.72. The molecule has 1 amide bonds. The van der Waals surface area contributed by atoms with Crippen LogP contribution >= 0.6 is 0 Å². The Kier molecular flexibility index (Phi) is 5.67. The Bertz CT molecular complexity index is 571. The van der Waals surface area contributed by atoms with Gasteiger partial charge in [0.05, 0.1) is 11.5 Å². The van der Waals surface area contributed by atoms with Gasteiger partial charge >= 0.3 is 0 Å². The van der Waals surface area contributed by atoms with Crippen LogP contribution in [0.1, 0.15) is 10.4 Å². The molecule has 0 aromatic heterocycles. The van der Waals surface area contributed by atoms with Gasteiger partial charge in [0.2, 0.25) is 0 Å². The summed E-state index contributed by atoms with van der Waals surface area (Å²) in [5.74, 6) is -0.276. The molecule has 1 unspecified atom stereocenters. The van der Waals surface area contributed by atoms with E-state index in [0.717, 1.165) is 6.26 Å². The van der Waals surface area contributed by atoms with Crippen LogP contribution in [0.3, 0.4) is 0 Å². The first-order valence-electron chi connectivity index (χ1n) is 6.05. The minimum absolute atomic E-state index is 0.123. The van der Waals surface area contributed by atoms with E-state index in [4.69, 9.17) is 10.5 Å². The Morgan fingerprint density at radius 3 is 2.65 bits per heavy atom. The zero-order valence-corrected chi connectivity index (χ0v) is 12.7. The van der Waals surface area contributed by atoms with E-state index in [-0.39, 0.29) is 16.8 Å². The first kappa shape index (κ1) is 16.6. The molecule has 0 aliphatic rings. The summed E-state index contributed by atoms with van der Waals surface area (Å²) in [6.07, 6.45) is 1.11. The molecule has 0 saturated heterocycles. The summed E-state index contributed by atoms with van der Waals surface area (Å²) in [6.45, 7) is 0.677. The van der Waals surface area contributed by atoms with E-state index in [0.29, 0.717) is 18.7 Å². The average Bonchev–Trinajstić information content (AvgIpc) is 2.37. The maximum atomic E-state index is 12.2. The average molecular weight is 300 g/mol. The lowest BCUT2D eigenvalue weighted by molar-refractivity contribution is 0.0764. The molecule has 0 heterocycles. The minimum Gasteiger partial charge on any atom is -0.383 e. The van der Waals surface area contributed by atoms with Crippen molar-refractivity contribution in [1.82, 2.24) is 4.90 Å². The number of rotatable bonds is 6. The van der Waals surface area contributed by atoms with Crippen molar-refractivity contribution in [1.29, 1.82) is 0 Å². The zero-order chi connectivity index (χ0) is 15.3. The van der Waals surface area contributed by atoms with Crippen molar-refractivity contribution >= 4 is 15.7 Å². The lowest BCUT2D eigenvalue weighted by atomic mass is 10.2. The molecule has 2 N–H and O–H groups in total. The smallest absolute Gasteiger partial charge is 0.253 e. The van der Waals surface area contributed by atoms with Crippen molar-refractivity contribution in [3.8, 4) is 0 Å². The van der Waals surface area contributed by atoms with Gasteiger partial charge in [-0.3, -0.25) is 4.79 Å². The van der Waals surface area contributed by atoms with Crippen molar-refractivity contribution in [3.05, 3.63) is 29.8 Å². The molecule has 0 aliphatic carbocycles. The predicted octanol–water partition coefficient (Wildman–Crippen LogP) is 0.136. The van der Waals surface area contributed by atoms with Crippen molar-refractivity contribution in [3.63, 3.8) is 0 Å². The molecule has 0 bridgehead atoms. The Labute approximate surface area is 119 Å². The quantitative estimate of drug-likeness (QED) is 0.807. The third-order valence-corrected chi connectivity index (χ3v) is 3.86. The molecule has 112 valence electrons. The molecule has 0 fully saturated rings. The maximum absolute atomic E-state index is 12.2. The van der Waals surface area contributed by atoms with Crippen LogP contribution in [0.2, 0.25) is 0 Å². The number of carbonyl (C=O) groups is 1. The molecule has 20 heavy (non-hydrogen) atoms. The number of hydrogen-bond donors (Lipinski definition) is 1. The van der Waals surface area contributed by atoms with E-state index in [9.17, 15) is 13.2 Å². The highest BCUT2D eigenvalue weighted by Gasteiger charge is 2.16. The lowest BCUT2D eigenvalue weighted by Crippen LogP contribution is -2.41. The van der Waals surface area contributed by atoms with E-state index in [2.05, 4.69) is 0 Å². The monoisotopic (exact) mass is 300 g/mol. The first-order valence-corrected chi connectivity index (χ1v) is 7.95. The van der Waals surface area contributed by atoms with Crippen LogP contribution in [0.4, 0.5) is 0 Å². The second-order valence-electron chi connectivity index (χ2n) is 4.70. The van der Waals surface area contributed by atoms with E-state index in [1.807, 2.05) is 0 Å². The van der Waals surface area contributed by atoms with E-state index in [1.165, 1.54) is 24.1 Å². The molecule has 1 aromatic rings. The highest BCUT2D eigenvalue weighted by Crippen LogP contribution is 2.12. The molecule has 0 aliphatic heterocycles. The van der Waals surface area contributed by atoms with Gasteiger partial charge in [-0.2, -0.15) is 0 Å². The van der Waals surface area contributed by atoms with Crippen LogP contribution in [0.5, 0.6) is 0 Å². The van der Waals surface area contributed by atoms with Crippen LogP contribution in [-0.2, 0) is 14.6 Å². The molecule has 0 radical (unpaired) electrons. The molecule has 1 aromatic carbocycles. The SMILES string of the molecule is COCC(N)CN(C)C(=O)c1cccc(S(C)(=O)=O)c1. The van der Waals surface area contributed by atoms with Crippen molar-refractivity contribution in [2.24, 2.45) is 5.73 Å². The van der Waals surface area contributed by atoms with Gasteiger partial charge in [0.25, 0.3) is 5.91 Å². The van der Waals surface area contributed by atoms with E-state index >= 15 is 0 Å². The van der Waals surface area contributed by atoms with E-state index in [1.54, 1.807) is 19.2 Å². The third-order valence-electron chi connectivity index (χ3n) is 2.74. The van der Waals surface area contributed by atoms with Crippen LogP contribution in [0.15, 0.2) is 29.2 Å². The fraction of sp³-hybridized carbons (Fsp3) is 0.462. The van der Waals surface area contributed by atoms with E-state index < -0.39 is 9.84 Å². The zero-order valence-electron chi connectivity index (χ0n) is 11.9. The van der Waals surface area contributed by atoms with Gasteiger partial charge in [-0.1, -0.05) is 6.07 Å². The van der Waals surface area contributed by atoms with Gasteiger partial charge in [0, 0.05) is 38.6 Å². The van der Waals surface area contributed by atoms with Crippen molar-refractivity contribution in [2.75, 3.05) is 33.6 Å². The largest absolute Gasteiger partial charge is 0.383 e. The summed E-state index contributed by atoms with van der Waals surface area (Å²) in [5.41, 5.74) is 6.10. The number of benzene rings is 1. The lowest BCUT2D eigenvalue weighted by Gasteiger charge is -2.21. The second kappa shape index (κ2) is 6.83. The minimum atomic E-state index is -3.33. The molecule has 1 rings (SSSR count). The fourth-order valence-corrected chi connectivity index (χ4v) is 2.45. The summed E-state index contributed by atoms with van der Waals surface area (Å²) in [7, 11) is -0.177.